The molecule has 0 spiro atoms. The summed E-state index contributed by atoms with van der Waals surface area (Å²) in [4.78, 5) is 11.6. The number of carbonyl (C=O) groups is 1. The number of fused-ring (bicyclic) bond motifs is 1. The first kappa shape index (κ1) is 15.0. The van der Waals surface area contributed by atoms with E-state index in [1.165, 1.54) is 17.7 Å². The van der Waals surface area contributed by atoms with Crippen molar-refractivity contribution in [1.82, 2.24) is 20.4 Å². The van der Waals surface area contributed by atoms with Crippen molar-refractivity contribution >= 4 is 5.91 Å². The number of nitrogens with one attached hydrogen (secondary N) is 2. The Kier molecular flexibility index (Phi) is 5.55. The lowest BCUT2D eigenvalue weighted by Crippen LogP contribution is -2.32. The zero-order valence-electron chi connectivity index (χ0n) is 12.3. The number of aromatic nitrogens is 2. The van der Waals surface area contributed by atoms with E-state index in [0.29, 0.717) is 32.2 Å². The molecule has 6 heteroatoms. The standard InChI is InChI=1S/C14H24N4O2/c1-18-13-5-3-4-12(11(13)10-17-18)15-7-6-14(19)16-8-9-20-2/h10,12,15H,3-9H2,1-2H3,(H,16,19). The van der Waals surface area contributed by atoms with Crippen LogP contribution in [0.4, 0.5) is 0 Å². The summed E-state index contributed by atoms with van der Waals surface area (Å²) < 4.78 is 6.85. The molecule has 0 fully saturated rings. The molecule has 1 heterocycles. The van der Waals surface area contributed by atoms with Gasteiger partial charge in [0.15, 0.2) is 0 Å². The zero-order valence-corrected chi connectivity index (χ0v) is 12.3. The Balaban J connectivity index is 1.74. The van der Waals surface area contributed by atoms with E-state index in [-0.39, 0.29) is 5.91 Å². The average molecular weight is 280 g/mol. The van der Waals surface area contributed by atoms with Gasteiger partial charge in [-0.15, -0.1) is 0 Å². The van der Waals surface area contributed by atoms with Crippen LogP contribution in [0, 0.1) is 0 Å². The third-order valence-corrected chi connectivity index (χ3v) is 3.75. The van der Waals surface area contributed by atoms with Crippen molar-refractivity contribution in [3.8, 4) is 0 Å². The first-order valence-corrected chi connectivity index (χ1v) is 7.22. The number of hydrogen-bond acceptors (Lipinski definition) is 4. The van der Waals surface area contributed by atoms with Crippen molar-refractivity contribution in [2.45, 2.75) is 31.7 Å². The van der Waals surface area contributed by atoms with Crippen LogP contribution in [0.1, 0.15) is 36.6 Å². The minimum atomic E-state index is 0.0665. The Morgan fingerprint density at radius 1 is 1.55 bits per heavy atom. The van der Waals surface area contributed by atoms with Crippen molar-refractivity contribution in [2.24, 2.45) is 7.05 Å². The van der Waals surface area contributed by atoms with Gasteiger partial charge in [-0.2, -0.15) is 5.10 Å². The summed E-state index contributed by atoms with van der Waals surface area (Å²) in [6.07, 6.45) is 5.83. The van der Waals surface area contributed by atoms with Crippen LogP contribution < -0.4 is 10.6 Å². The van der Waals surface area contributed by atoms with E-state index in [1.807, 2.05) is 17.9 Å². The monoisotopic (exact) mass is 280 g/mol. The molecule has 1 atom stereocenters. The number of hydrogen-bond donors (Lipinski definition) is 2. The third kappa shape index (κ3) is 3.80. The van der Waals surface area contributed by atoms with Gasteiger partial charge in [-0.05, 0) is 19.3 Å². The third-order valence-electron chi connectivity index (χ3n) is 3.75. The Bertz CT molecular complexity index is 444. The van der Waals surface area contributed by atoms with Gasteiger partial charge in [-0.1, -0.05) is 0 Å². The van der Waals surface area contributed by atoms with Crippen LogP contribution in [0.25, 0.3) is 0 Å². The van der Waals surface area contributed by atoms with Crippen LogP contribution >= 0.6 is 0 Å². The molecule has 2 N–H and O–H groups in total. The maximum atomic E-state index is 11.6. The predicted molar refractivity (Wildman–Crippen MR) is 76.4 cm³/mol. The minimum absolute atomic E-state index is 0.0665. The van der Waals surface area contributed by atoms with Crippen LogP contribution in [-0.2, 0) is 23.0 Å². The highest BCUT2D eigenvalue weighted by atomic mass is 16.5. The molecule has 0 saturated carbocycles. The van der Waals surface area contributed by atoms with E-state index in [9.17, 15) is 4.79 Å². The molecule has 0 aromatic carbocycles. The van der Waals surface area contributed by atoms with Gasteiger partial charge in [-0.25, -0.2) is 0 Å². The molecule has 0 saturated heterocycles. The molecule has 0 radical (unpaired) electrons. The van der Waals surface area contributed by atoms with Gasteiger partial charge in [0.2, 0.25) is 5.91 Å². The molecule has 1 aliphatic carbocycles. The predicted octanol–water partition coefficient (Wildman–Crippen LogP) is 0.540. The first-order chi connectivity index (χ1) is 9.72. The molecule has 1 aliphatic rings. The topological polar surface area (TPSA) is 68.2 Å². The van der Waals surface area contributed by atoms with Gasteiger partial charge in [0.25, 0.3) is 0 Å². The highest BCUT2D eigenvalue weighted by Gasteiger charge is 2.22. The second-order valence-corrected chi connectivity index (χ2v) is 5.16. The molecule has 1 aromatic rings. The molecule has 0 bridgehead atoms. The summed E-state index contributed by atoms with van der Waals surface area (Å²) in [5.74, 6) is 0.0665. The van der Waals surface area contributed by atoms with Crippen LogP contribution in [0.15, 0.2) is 6.20 Å². The molecule has 1 aromatic heterocycles. The van der Waals surface area contributed by atoms with E-state index in [0.717, 1.165) is 12.8 Å². The zero-order chi connectivity index (χ0) is 14.4. The molecular weight excluding hydrogens is 256 g/mol. The SMILES string of the molecule is COCCNC(=O)CCNC1CCCc2c1cnn2C. The van der Waals surface area contributed by atoms with Crippen molar-refractivity contribution in [3.63, 3.8) is 0 Å². The van der Waals surface area contributed by atoms with Crippen molar-refractivity contribution in [3.05, 3.63) is 17.5 Å². The molecule has 6 nitrogen and oxygen atoms in total. The summed E-state index contributed by atoms with van der Waals surface area (Å²) in [5.41, 5.74) is 2.61. The van der Waals surface area contributed by atoms with Gasteiger partial charge < -0.3 is 15.4 Å². The van der Waals surface area contributed by atoms with Gasteiger partial charge in [0.05, 0.1) is 12.8 Å². The molecule has 1 unspecified atom stereocenters. The van der Waals surface area contributed by atoms with E-state index in [4.69, 9.17) is 4.74 Å². The van der Waals surface area contributed by atoms with E-state index >= 15 is 0 Å². The molecule has 0 aliphatic heterocycles. The van der Waals surface area contributed by atoms with Gasteiger partial charge in [0, 0.05) is 51.0 Å². The second-order valence-electron chi connectivity index (χ2n) is 5.16. The summed E-state index contributed by atoms with van der Waals surface area (Å²) >= 11 is 0. The largest absolute Gasteiger partial charge is 0.383 e. The molecule has 20 heavy (non-hydrogen) atoms. The first-order valence-electron chi connectivity index (χ1n) is 7.22. The fourth-order valence-electron chi connectivity index (χ4n) is 2.66. The van der Waals surface area contributed by atoms with Crippen LogP contribution in [-0.4, -0.2) is 42.5 Å². The van der Waals surface area contributed by atoms with Gasteiger partial charge >= 0.3 is 0 Å². The van der Waals surface area contributed by atoms with Crippen LogP contribution in [0.3, 0.4) is 0 Å². The molecular formula is C14H24N4O2. The van der Waals surface area contributed by atoms with Gasteiger partial charge in [0.1, 0.15) is 0 Å². The second kappa shape index (κ2) is 7.40. The Morgan fingerprint density at radius 2 is 2.40 bits per heavy atom. The van der Waals surface area contributed by atoms with Crippen molar-refractivity contribution in [1.29, 1.82) is 0 Å². The van der Waals surface area contributed by atoms with E-state index < -0.39 is 0 Å². The molecule has 1 amide bonds. The number of methoxy groups -OCH3 is 1. The lowest BCUT2D eigenvalue weighted by atomic mass is 9.93. The quantitative estimate of drug-likeness (QED) is 0.715. The maximum Gasteiger partial charge on any atom is 0.221 e. The van der Waals surface area contributed by atoms with Crippen molar-refractivity contribution < 1.29 is 9.53 Å². The average Bonchev–Trinajstić information content (AvgIpc) is 2.82. The minimum Gasteiger partial charge on any atom is -0.383 e. The highest BCUT2D eigenvalue weighted by molar-refractivity contribution is 5.76. The summed E-state index contributed by atoms with van der Waals surface area (Å²) in [6.45, 7) is 1.82. The number of amides is 1. The lowest BCUT2D eigenvalue weighted by molar-refractivity contribution is -0.121. The molecule has 112 valence electrons. The summed E-state index contributed by atoms with van der Waals surface area (Å²) in [5, 5.41) is 10.6. The number of ether oxygens (including phenoxy) is 1. The fraction of sp³-hybridized carbons (Fsp3) is 0.714. The number of aryl methyl sites for hydroxylation is 1. The number of carbonyl (C=O) groups excluding carboxylic acids is 1. The van der Waals surface area contributed by atoms with Crippen molar-refractivity contribution in [2.75, 3.05) is 26.8 Å². The normalized spacial score (nSPS) is 17.8. The van der Waals surface area contributed by atoms with E-state index in [2.05, 4.69) is 15.7 Å². The Morgan fingerprint density at radius 3 is 3.20 bits per heavy atom. The number of nitrogens with zero attached hydrogens (tertiary/aromatic N) is 2. The lowest BCUT2D eigenvalue weighted by Gasteiger charge is -2.23. The van der Waals surface area contributed by atoms with E-state index in [1.54, 1.807) is 7.11 Å². The summed E-state index contributed by atoms with van der Waals surface area (Å²) in [7, 11) is 3.62. The van der Waals surface area contributed by atoms with Gasteiger partial charge in [-0.3, -0.25) is 9.48 Å². The van der Waals surface area contributed by atoms with Crippen LogP contribution in [0.5, 0.6) is 0 Å². The Labute approximate surface area is 119 Å². The fourth-order valence-corrected chi connectivity index (χ4v) is 2.66. The Hall–Kier alpha value is -1.40. The summed E-state index contributed by atoms with van der Waals surface area (Å²) in [6, 6.07) is 0.333. The highest BCUT2D eigenvalue weighted by Crippen LogP contribution is 2.28. The molecule has 2 rings (SSSR count). The van der Waals surface area contributed by atoms with Crippen LogP contribution in [0.2, 0.25) is 0 Å². The smallest absolute Gasteiger partial charge is 0.221 e. The number of rotatable bonds is 7. The maximum absolute atomic E-state index is 11.6.